The van der Waals surface area contributed by atoms with Gasteiger partial charge in [0.25, 0.3) is 0 Å². The first-order valence-corrected chi connectivity index (χ1v) is 6.12. The third-order valence-electron chi connectivity index (χ3n) is 1.92. The molecular formula is C9H13NO4S. The molecule has 0 heterocycles. The first kappa shape index (κ1) is 12.0. The Morgan fingerprint density at radius 1 is 1.47 bits per heavy atom. The maximum atomic E-state index is 11.5. The van der Waals surface area contributed by atoms with E-state index in [2.05, 4.69) is 0 Å². The summed E-state index contributed by atoms with van der Waals surface area (Å²) in [7, 11) is -1.97. The van der Waals surface area contributed by atoms with Crippen molar-refractivity contribution in [1.29, 1.82) is 0 Å². The van der Waals surface area contributed by atoms with E-state index in [0.29, 0.717) is 5.56 Å². The highest BCUT2D eigenvalue weighted by molar-refractivity contribution is 7.90. The number of rotatable bonds is 4. The fourth-order valence-corrected chi connectivity index (χ4v) is 2.50. The van der Waals surface area contributed by atoms with Gasteiger partial charge >= 0.3 is 0 Å². The SMILES string of the molecule is COc1cccc(CNO)c1S(C)(=O)=O. The number of hydrogen-bond donors (Lipinski definition) is 2. The summed E-state index contributed by atoms with van der Waals surface area (Å²) >= 11 is 0. The van der Waals surface area contributed by atoms with Crippen LogP contribution in [0.4, 0.5) is 0 Å². The average molecular weight is 231 g/mol. The number of benzene rings is 1. The molecule has 0 aliphatic carbocycles. The van der Waals surface area contributed by atoms with E-state index in [9.17, 15) is 8.42 Å². The van der Waals surface area contributed by atoms with Crippen molar-refractivity contribution in [3.8, 4) is 5.75 Å². The minimum Gasteiger partial charge on any atom is -0.495 e. The molecule has 0 aliphatic rings. The molecule has 0 bridgehead atoms. The number of methoxy groups -OCH3 is 1. The Labute approximate surface area is 88.6 Å². The van der Waals surface area contributed by atoms with Crippen molar-refractivity contribution in [1.82, 2.24) is 5.48 Å². The first-order chi connectivity index (χ1) is 7.00. The smallest absolute Gasteiger partial charge is 0.179 e. The molecule has 0 saturated heterocycles. The van der Waals surface area contributed by atoms with Gasteiger partial charge in [0.05, 0.1) is 7.11 Å². The fraction of sp³-hybridized carbons (Fsp3) is 0.333. The number of hydroxylamine groups is 1. The van der Waals surface area contributed by atoms with Gasteiger partial charge in [0.1, 0.15) is 10.6 Å². The molecule has 6 heteroatoms. The van der Waals surface area contributed by atoms with E-state index in [1.54, 1.807) is 18.2 Å². The molecule has 1 aromatic rings. The summed E-state index contributed by atoms with van der Waals surface area (Å²) in [6.45, 7) is 0.0552. The lowest BCUT2D eigenvalue weighted by molar-refractivity contribution is 0.160. The highest BCUT2D eigenvalue weighted by Crippen LogP contribution is 2.27. The molecule has 0 aliphatic heterocycles. The number of hydrogen-bond acceptors (Lipinski definition) is 5. The monoisotopic (exact) mass is 231 g/mol. The van der Waals surface area contributed by atoms with Crippen LogP contribution in [-0.2, 0) is 16.4 Å². The van der Waals surface area contributed by atoms with Crippen molar-refractivity contribution in [2.75, 3.05) is 13.4 Å². The predicted molar refractivity (Wildman–Crippen MR) is 54.7 cm³/mol. The first-order valence-electron chi connectivity index (χ1n) is 4.23. The maximum absolute atomic E-state index is 11.5. The molecule has 0 atom stereocenters. The lowest BCUT2D eigenvalue weighted by Gasteiger charge is -2.11. The predicted octanol–water partition coefficient (Wildman–Crippen LogP) is 0.578. The van der Waals surface area contributed by atoms with Crippen LogP contribution in [0.15, 0.2) is 23.1 Å². The quantitative estimate of drug-likeness (QED) is 0.741. The molecule has 15 heavy (non-hydrogen) atoms. The molecule has 5 nitrogen and oxygen atoms in total. The van der Waals surface area contributed by atoms with Gasteiger partial charge in [-0.25, -0.2) is 13.9 Å². The van der Waals surface area contributed by atoms with Gasteiger partial charge in [-0.1, -0.05) is 12.1 Å². The Balaban J connectivity index is 3.41. The van der Waals surface area contributed by atoms with Gasteiger partial charge in [-0.05, 0) is 11.6 Å². The second kappa shape index (κ2) is 4.61. The van der Waals surface area contributed by atoms with E-state index in [-0.39, 0.29) is 17.2 Å². The highest BCUT2D eigenvalue weighted by Gasteiger charge is 2.18. The van der Waals surface area contributed by atoms with Gasteiger partial charge in [0, 0.05) is 12.8 Å². The van der Waals surface area contributed by atoms with Gasteiger partial charge in [0.2, 0.25) is 0 Å². The van der Waals surface area contributed by atoms with E-state index in [4.69, 9.17) is 9.94 Å². The lowest BCUT2D eigenvalue weighted by Crippen LogP contribution is -2.12. The number of nitrogens with one attached hydrogen (secondary N) is 1. The highest BCUT2D eigenvalue weighted by atomic mass is 32.2. The second-order valence-electron chi connectivity index (χ2n) is 3.06. The van der Waals surface area contributed by atoms with Crippen LogP contribution in [-0.4, -0.2) is 27.0 Å². The van der Waals surface area contributed by atoms with Crippen molar-refractivity contribution >= 4 is 9.84 Å². The van der Waals surface area contributed by atoms with Gasteiger partial charge in [0.15, 0.2) is 9.84 Å². The molecule has 0 saturated carbocycles. The molecule has 84 valence electrons. The van der Waals surface area contributed by atoms with Crippen LogP contribution in [0.3, 0.4) is 0 Å². The zero-order valence-corrected chi connectivity index (χ0v) is 9.34. The topological polar surface area (TPSA) is 75.6 Å². The van der Waals surface area contributed by atoms with Crippen LogP contribution in [0, 0.1) is 0 Å². The molecule has 1 aromatic carbocycles. The molecule has 0 unspecified atom stereocenters. The van der Waals surface area contributed by atoms with Crippen LogP contribution >= 0.6 is 0 Å². The van der Waals surface area contributed by atoms with Crippen molar-refractivity contribution in [3.05, 3.63) is 23.8 Å². The standard InChI is InChI=1S/C9H13NO4S/c1-14-8-5-3-4-7(6-10-11)9(8)15(2,12)13/h3-5,10-11H,6H2,1-2H3. The van der Waals surface area contributed by atoms with E-state index in [1.165, 1.54) is 7.11 Å². The summed E-state index contributed by atoms with van der Waals surface area (Å²) < 4.78 is 28.0. The Kier molecular flexibility index (Phi) is 3.67. The number of ether oxygens (including phenoxy) is 1. The summed E-state index contributed by atoms with van der Waals surface area (Å²) in [5, 5.41) is 8.59. The van der Waals surface area contributed by atoms with E-state index in [0.717, 1.165) is 6.26 Å². The Hall–Kier alpha value is -1.11. The molecule has 0 spiro atoms. The molecule has 0 fully saturated rings. The third-order valence-corrected chi connectivity index (χ3v) is 3.13. The molecule has 0 amide bonds. The van der Waals surface area contributed by atoms with Gasteiger partial charge in [-0.15, -0.1) is 0 Å². The van der Waals surface area contributed by atoms with Crippen molar-refractivity contribution in [2.24, 2.45) is 0 Å². The van der Waals surface area contributed by atoms with E-state index in [1.807, 2.05) is 5.48 Å². The van der Waals surface area contributed by atoms with Crippen LogP contribution in [0.25, 0.3) is 0 Å². The Morgan fingerprint density at radius 2 is 2.13 bits per heavy atom. The molecule has 0 radical (unpaired) electrons. The number of sulfone groups is 1. The minimum atomic E-state index is -3.37. The largest absolute Gasteiger partial charge is 0.495 e. The Bertz CT molecular complexity index is 441. The molecule has 0 aromatic heterocycles. The van der Waals surface area contributed by atoms with Gasteiger partial charge < -0.3 is 9.94 Å². The van der Waals surface area contributed by atoms with E-state index >= 15 is 0 Å². The zero-order chi connectivity index (χ0) is 11.5. The summed E-state index contributed by atoms with van der Waals surface area (Å²) in [6, 6.07) is 4.85. The fourth-order valence-electron chi connectivity index (χ4n) is 1.37. The summed E-state index contributed by atoms with van der Waals surface area (Å²) in [5.41, 5.74) is 2.40. The van der Waals surface area contributed by atoms with E-state index < -0.39 is 9.84 Å². The van der Waals surface area contributed by atoms with Crippen molar-refractivity contribution in [2.45, 2.75) is 11.4 Å². The van der Waals surface area contributed by atoms with Gasteiger partial charge in [-0.2, -0.15) is 0 Å². The van der Waals surface area contributed by atoms with Crippen LogP contribution < -0.4 is 10.2 Å². The second-order valence-corrected chi connectivity index (χ2v) is 5.01. The molecule has 2 N–H and O–H groups in total. The average Bonchev–Trinajstić information content (AvgIpc) is 2.16. The summed E-state index contributed by atoms with van der Waals surface area (Å²) in [6.07, 6.45) is 1.10. The van der Waals surface area contributed by atoms with Crippen LogP contribution in [0.1, 0.15) is 5.56 Å². The van der Waals surface area contributed by atoms with Crippen molar-refractivity contribution < 1.29 is 18.4 Å². The normalized spacial score (nSPS) is 11.4. The molecule has 1 rings (SSSR count). The summed E-state index contributed by atoms with van der Waals surface area (Å²) in [5.74, 6) is 0.283. The summed E-state index contributed by atoms with van der Waals surface area (Å²) in [4.78, 5) is 0.106. The third kappa shape index (κ3) is 2.68. The minimum absolute atomic E-state index is 0.0552. The van der Waals surface area contributed by atoms with Crippen LogP contribution in [0.2, 0.25) is 0 Å². The zero-order valence-electron chi connectivity index (χ0n) is 8.52. The maximum Gasteiger partial charge on any atom is 0.179 e. The Morgan fingerprint density at radius 3 is 2.60 bits per heavy atom. The lowest BCUT2D eigenvalue weighted by atomic mass is 10.2. The molecular weight excluding hydrogens is 218 g/mol. The van der Waals surface area contributed by atoms with Gasteiger partial charge in [-0.3, -0.25) is 0 Å². The van der Waals surface area contributed by atoms with Crippen LogP contribution in [0.5, 0.6) is 5.75 Å². The van der Waals surface area contributed by atoms with Crippen molar-refractivity contribution in [3.63, 3.8) is 0 Å².